The maximum absolute atomic E-state index is 12.9. The van der Waals surface area contributed by atoms with Gasteiger partial charge in [-0.25, -0.2) is 4.39 Å². The molecule has 1 heteroatoms. The summed E-state index contributed by atoms with van der Waals surface area (Å²) >= 11 is 0. The summed E-state index contributed by atoms with van der Waals surface area (Å²) in [6.45, 7) is 15.3. The molecule has 0 aromatic carbocycles. The van der Waals surface area contributed by atoms with E-state index in [-0.39, 0.29) is 5.83 Å². The van der Waals surface area contributed by atoms with Gasteiger partial charge in [0.15, 0.2) is 0 Å². The molecular weight excluding hydrogens is 259 g/mol. The second-order valence-electron chi connectivity index (χ2n) is 4.83. The summed E-state index contributed by atoms with van der Waals surface area (Å²) in [5, 5.41) is 0. The lowest BCUT2D eigenvalue weighted by Crippen LogP contribution is -2.00. The molecule has 0 radical (unpaired) electrons. The molecule has 0 nitrogen and oxygen atoms in total. The monoisotopic (exact) mass is 288 g/mol. The van der Waals surface area contributed by atoms with Crippen LogP contribution in [0, 0.1) is 0 Å². The number of hydrogen-bond donors (Lipinski definition) is 0. The Bertz CT molecular complexity index is 466. The van der Waals surface area contributed by atoms with Gasteiger partial charge in [0.05, 0.1) is 5.83 Å². The zero-order valence-corrected chi connectivity index (χ0v) is 14.0. The van der Waals surface area contributed by atoms with E-state index in [2.05, 4.69) is 32.2 Å². The second-order valence-corrected chi connectivity index (χ2v) is 4.83. The maximum atomic E-state index is 12.9. The van der Waals surface area contributed by atoms with Crippen LogP contribution in [0.3, 0.4) is 0 Å². The first-order valence-corrected chi connectivity index (χ1v) is 7.74. The van der Waals surface area contributed by atoms with Crippen molar-refractivity contribution in [1.29, 1.82) is 0 Å². The van der Waals surface area contributed by atoms with Crippen molar-refractivity contribution in [2.24, 2.45) is 0 Å². The smallest absolute Gasteiger partial charge is 0.0932 e. The van der Waals surface area contributed by atoms with Crippen LogP contribution in [-0.4, -0.2) is 0 Å². The Morgan fingerprint density at radius 3 is 2.43 bits per heavy atom. The molecule has 0 bridgehead atoms. The lowest BCUT2D eigenvalue weighted by molar-refractivity contribution is 0.635. The van der Waals surface area contributed by atoms with Crippen LogP contribution in [0.2, 0.25) is 0 Å². The minimum absolute atomic E-state index is 0.119. The molecule has 0 aromatic rings. The number of halogens is 1. The van der Waals surface area contributed by atoms with Gasteiger partial charge in [-0.15, -0.1) is 6.58 Å². The van der Waals surface area contributed by atoms with Crippen LogP contribution in [0.5, 0.6) is 0 Å². The van der Waals surface area contributed by atoms with Gasteiger partial charge in [-0.3, -0.25) is 0 Å². The fourth-order valence-electron chi connectivity index (χ4n) is 2.28. The molecule has 0 saturated carbocycles. The van der Waals surface area contributed by atoms with Crippen molar-refractivity contribution in [2.75, 3.05) is 0 Å². The van der Waals surface area contributed by atoms with Crippen molar-refractivity contribution >= 4 is 0 Å². The molecule has 1 aliphatic rings. The van der Waals surface area contributed by atoms with Gasteiger partial charge >= 0.3 is 0 Å². The summed E-state index contributed by atoms with van der Waals surface area (Å²) in [6.07, 6.45) is 13.3. The third-order valence-electron chi connectivity index (χ3n) is 3.33. The Morgan fingerprint density at radius 1 is 1.24 bits per heavy atom. The Labute approximate surface area is 130 Å². The summed E-state index contributed by atoms with van der Waals surface area (Å²) < 4.78 is 12.9. The van der Waals surface area contributed by atoms with Gasteiger partial charge in [-0.05, 0) is 62.3 Å². The summed E-state index contributed by atoms with van der Waals surface area (Å²) in [5.74, 6) is -0.119. The van der Waals surface area contributed by atoms with E-state index in [9.17, 15) is 4.39 Å². The molecule has 0 aromatic heterocycles. The fraction of sp³-hybridized carbons (Fsp3) is 0.400. The van der Waals surface area contributed by atoms with Crippen LogP contribution in [0.4, 0.5) is 4.39 Å². The van der Waals surface area contributed by atoms with E-state index < -0.39 is 0 Å². The van der Waals surface area contributed by atoms with Crippen molar-refractivity contribution < 1.29 is 4.39 Å². The fourth-order valence-corrected chi connectivity index (χ4v) is 2.28. The molecule has 0 N–H and O–H groups in total. The third-order valence-corrected chi connectivity index (χ3v) is 3.33. The average molecular weight is 288 g/mol. The van der Waals surface area contributed by atoms with E-state index in [1.54, 1.807) is 6.08 Å². The van der Waals surface area contributed by atoms with Crippen LogP contribution in [0.15, 0.2) is 71.7 Å². The van der Waals surface area contributed by atoms with Crippen molar-refractivity contribution in [2.45, 2.75) is 53.4 Å². The van der Waals surface area contributed by atoms with Crippen molar-refractivity contribution in [1.82, 2.24) is 0 Å². The number of hydrogen-bond acceptors (Lipinski definition) is 0. The summed E-state index contributed by atoms with van der Waals surface area (Å²) in [4.78, 5) is 0. The molecule has 0 fully saturated rings. The highest BCUT2D eigenvalue weighted by atomic mass is 19.1. The Morgan fingerprint density at radius 2 is 1.90 bits per heavy atom. The Hall–Kier alpha value is -1.63. The van der Waals surface area contributed by atoms with E-state index >= 15 is 0 Å². The molecule has 0 amide bonds. The van der Waals surface area contributed by atoms with Gasteiger partial charge in [-0.1, -0.05) is 50.3 Å². The molecule has 0 unspecified atom stereocenters. The molecular formula is C20H29F. The Balaban J connectivity index is 0.00000191. The lowest BCUT2D eigenvalue weighted by Gasteiger charge is -2.19. The second kappa shape index (κ2) is 11.1. The minimum Gasteiger partial charge on any atom is -0.212 e. The maximum Gasteiger partial charge on any atom is 0.0932 e. The zero-order valence-electron chi connectivity index (χ0n) is 14.0. The van der Waals surface area contributed by atoms with Crippen molar-refractivity contribution in [3.8, 4) is 0 Å². The highest BCUT2D eigenvalue weighted by Gasteiger charge is 2.12. The van der Waals surface area contributed by atoms with Gasteiger partial charge in [0.2, 0.25) is 0 Å². The first-order chi connectivity index (χ1) is 10.1. The molecule has 0 aliphatic heterocycles. The van der Waals surface area contributed by atoms with E-state index in [1.807, 2.05) is 26.0 Å². The minimum atomic E-state index is -0.119. The molecule has 0 heterocycles. The molecule has 116 valence electrons. The molecule has 0 atom stereocenters. The molecule has 0 saturated heterocycles. The first-order valence-electron chi connectivity index (χ1n) is 7.74. The summed E-state index contributed by atoms with van der Waals surface area (Å²) in [6, 6.07) is 0. The number of allylic oxidation sites excluding steroid dienone is 10. The van der Waals surface area contributed by atoms with E-state index in [0.29, 0.717) is 6.42 Å². The van der Waals surface area contributed by atoms with Crippen molar-refractivity contribution in [3.05, 3.63) is 71.7 Å². The highest BCUT2D eigenvalue weighted by molar-refractivity contribution is 5.51. The SMILES string of the molecule is C=CC/C(C=C)=C1/C=CCC/C1=C(\C)C/C=C(\C)F.CC. The molecule has 0 spiro atoms. The van der Waals surface area contributed by atoms with Gasteiger partial charge in [0.25, 0.3) is 0 Å². The van der Waals surface area contributed by atoms with Crippen LogP contribution in [0.25, 0.3) is 0 Å². The van der Waals surface area contributed by atoms with Gasteiger partial charge in [0, 0.05) is 0 Å². The van der Waals surface area contributed by atoms with Crippen molar-refractivity contribution in [3.63, 3.8) is 0 Å². The summed E-state index contributed by atoms with van der Waals surface area (Å²) in [5.41, 5.74) is 5.00. The molecule has 21 heavy (non-hydrogen) atoms. The third kappa shape index (κ3) is 6.57. The quantitative estimate of drug-likeness (QED) is 0.478. The van der Waals surface area contributed by atoms with E-state index in [4.69, 9.17) is 0 Å². The predicted octanol–water partition coefficient (Wildman–Crippen LogP) is 7.00. The van der Waals surface area contributed by atoms with Gasteiger partial charge in [-0.2, -0.15) is 0 Å². The standard InChI is InChI=1S/C18H23F.C2H6/c1-5-9-16(6-2)18-11-8-7-10-17(18)14(3)12-13-15(4)19;1-2/h5-6,8,11,13H,1-2,7,9-10,12H2,3-4H3;1-2H3/b15-13+,17-14-,18-16-;. The Kier molecular flexibility index (Phi) is 10.2. The van der Waals surface area contributed by atoms with E-state index in [1.165, 1.54) is 29.2 Å². The number of rotatable bonds is 5. The average Bonchev–Trinajstić information content (AvgIpc) is 2.52. The van der Waals surface area contributed by atoms with Gasteiger partial charge < -0.3 is 0 Å². The van der Waals surface area contributed by atoms with Gasteiger partial charge in [0.1, 0.15) is 0 Å². The summed E-state index contributed by atoms with van der Waals surface area (Å²) in [7, 11) is 0. The predicted molar refractivity (Wildman–Crippen MR) is 93.9 cm³/mol. The first kappa shape index (κ1) is 19.4. The van der Waals surface area contributed by atoms with Crippen LogP contribution in [-0.2, 0) is 0 Å². The largest absolute Gasteiger partial charge is 0.212 e. The molecule has 1 rings (SSSR count). The zero-order chi connectivity index (χ0) is 16.3. The van der Waals surface area contributed by atoms with Crippen LogP contribution >= 0.6 is 0 Å². The highest BCUT2D eigenvalue weighted by Crippen LogP contribution is 2.31. The van der Waals surface area contributed by atoms with Crippen LogP contribution in [0.1, 0.15) is 53.4 Å². The molecule has 1 aliphatic carbocycles. The van der Waals surface area contributed by atoms with Crippen LogP contribution < -0.4 is 0 Å². The van der Waals surface area contributed by atoms with E-state index in [0.717, 1.165) is 19.3 Å². The normalized spacial score (nSPS) is 19.4. The topological polar surface area (TPSA) is 0 Å². The lowest BCUT2D eigenvalue weighted by atomic mass is 9.86.